The van der Waals surface area contributed by atoms with Gasteiger partial charge in [-0.25, -0.2) is 0 Å². The van der Waals surface area contributed by atoms with Gasteiger partial charge in [-0.05, 0) is 36.9 Å². The Balaban J connectivity index is 1.61. The molecule has 29 heavy (non-hydrogen) atoms. The molecular formula is C23H29N3O2S. The van der Waals surface area contributed by atoms with E-state index in [-0.39, 0.29) is 17.9 Å². The summed E-state index contributed by atoms with van der Waals surface area (Å²) in [7, 11) is 0. The molecule has 0 radical (unpaired) electrons. The number of hydrogen-bond donors (Lipinski definition) is 0. The molecule has 154 valence electrons. The number of nitrogens with zero attached hydrogens (tertiary/aromatic N) is 3. The van der Waals surface area contributed by atoms with Crippen LogP contribution in [0.25, 0.3) is 0 Å². The zero-order valence-electron chi connectivity index (χ0n) is 17.0. The first kappa shape index (κ1) is 21.3. The summed E-state index contributed by atoms with van der Waals surface area (Å²) in [6.45, 7) is 9.80. The van der Waals surface area contributed by atoms with Crippen molar-refractivity contribution in [1.29, 1.82) is 0 Å². The molecule has 0 bridgehead atoms. The lowest BCUT2D eigenvalue weighted by atomic mass is 10.2. The monoisotopic (exact) mass is 411 g/mol. The van der Waals surface area contributed by atoms with Crippen LogP contribution in [0.15, 0.2) is 60.5 Å². The number of amides is 2. The van der Waals surface area contributed by atoms with Gasteiger partial charge in [0.05, 0.1) is 12.6 Å². The van der Waals surface area contributed by atoms with Gasteiger partial charge in [-0.1, -0.05) is 30.3 Å². The Bertz CT molecular complexity index is 807. The second-order valence-corrected chi connectivity index (χ2v) is 8.34. The number of rotatable bonds is 7. The molecule has 1 aromatic carbocycles. The minimum absolute atomic E-state index is 0.0670. The Kier molecular flexibility index (Phi) is 7.61. The Labute approximate surface area is 177 Å². The Hall–Kier alpha value is -2.44. The molecule has 0 N–H and O–H groups in total. The summed E-state index contributed by atoms with van der Waals surface area (Å²) in [5.74, 6) is 0.179. The van der Waals surface area contributed by atoms with Crippen molar-refractivity contribution in [1.82, 2.24) is 14.7 Å². The van der Waals surface area contributed by atoms with Gasteiger partial charge < -0.3 is 9.80 Å². The predicted molar refractivity (Wildman–Crippen MR) is 118 cm³/mol. The summed E-state index contributed by atoms with van der Waals surface area (Å²) in [6.07, 6.45) is 2.64. The van der Waals surface area contributed by atoms with E-state index in [0.717, 1.165) is 25.1 Å². The first-order valence-electron chi connectivity index (χ1n) is 10.1. The summed E-state index contributed by atoms with van der Waals surface area (Å²) in [5, 5.41) is 2.03. The Morgan fingerprint density at radius 1 is 1.14 bits per heavy atom. The minimum Gasteiger partial charge on any atom is -0.337 e. The molecule has 1 atom stereocenters. The molecule has 2 heterocycles. The minimum atomic E-state index is -0.221. The molecule has 6 heteroatoms. The highest BCUT2D eigenvalue weighted by Gasteiger charge is 2.28. The molecule has 0 aliphatic carbocycles. The van der Waals surface area contributed by atoms with Crippen LogP contribution in [0, 0.1) is 0 Å². The summed E-state index contributed by atoms with van der Waals surface area (Å²) >= 11 is 1.66. The van der Waals surface area contributed by atoms with Crippen LogP contribution in [0.2, 0.25) is 0 Å². The van der Waals surface area contributed by atoms with Crippen LogP contribution in [0.3, 0.4) is 0 Å². The van der Waals surface area contributed by atoms with Crippen molar-refractivity contribution in [3.8, 4) is 0 Å². The molecule has 0 saturated carbocycles. The lowest BCUT2D eigenvalue weighted by Crippen LogP contribution is -2.48. The summed E-state index contributed by atoms with van der Waals surface area (Å²) in [5.41, 5.74) is 0.721. The number of carbonyl (C=O) groups is 2. The van der Waals surface area contributed by atoms with Crippen molar-refractivity contribution < 1.29 is 9.59 Å². The molecule has 1 saturated heterocycles. The van der Waals surface area contributed by atoms with E-state index < -0.39 is 0 Å². The highest BCUT2D eigenvalue weighted by atomic mass is 32.1. The van der Waals surface area contributed by atoms with Crippen molar-refractivity contribution in [2.45, 2.75) is 25.9 Å². The van der Waals surface area contributed by atoms with E-state index >= 15 is 0 Å². The third kappa shape index (κ3) is 5.55. The van der Waals surface area contributed by atoms with Gasteiger partial charge in [0, 0.05) is 43.2 Å². The highest BCUT2D eigenvalue weighted by Crippen LogP contribution is 2.16. The molecule has 5 nitrogen and oxygen atoms in total. The van der Waals surface area contributed by atoms with Crippen molar-refractivity contribution in [2.24, 2.45) is 0 Å². The summed E-state index contributed by atoms with van der Waals surface area (Å²) in [6, 6.07) is 13.2. The van der Waals surface area contributed by atoms with Crippen molar-refractivity contribution in [3.05, 3.63) is 70.9 Å². The van der Waals surface area contributed by atoms with E-state index in [1.807, 2.05) is 58.5 Å². The van der Waals surface area contributed by atoms with E-state index in [9.17, 15) is 9.59 Å². The van der Waals surface area contributed by atoms with Crippen LogP contribution >= 0.6 is 11.3 Å². The fourth-order valence-electron chi connectivity index (χ4n) is 3.69. The molecule has 2 aromatic rings. The average molecular weight is 412 g/mol. The van der Waals surface area contributed by atoms with Crippen LogP contribution in [0.1, 0.15) is 28.6 Å². The van der Waals surface area contributed by atoms with Crippen LogP contribution < -0.4 is 0 Å². The third-order valence-electron chi connectivity index (χ3n) is 5.33. The molecule has 1 aliphatic rings. The number of hydrogen-bond acceptors (Lipinski definition) is 4. The first-order chi connectivity index (χ1) is 14.1. The molecule has 1 fully saturated rings. The second-order valence-electron chi connectivity index (χ2n) is 7.31. The normalized spacial score (nSPS) is 16.1. The summed E-state index contributed by atoms with van der Waals surface area (Å²) in [4.78, 5) is 33.1. The van der Waals surface area contributed by atoms with Crippen molar-refractivity contribution in [3.63, 3.8) is 0 Å². The Morgan fingerprint density at radius 2 is 1.93 bits per heavy atom. The van der Waals surface area contributed by atoms with Crippen LogP contribution in [-0.2, 0) is 11.3 Å². The van der Waals surface area contributed by atoms with E-state index in [1.54, 1.807) is 17.4 Å². The molecule has 3 rings (SSSR count). The van der Waals surface area contributed by atoms with Crippen molar-refractivity contribution >= 4 is 23.2 Å². The van der Waals surface area contributed by atoms with Crippen LogP contribution in [0.5, 0.6) is 0 Å². The van der Waals surface area contributed by atoms with Gasteiger partial charge in [0.1, 0.15) is 0 Å². The van der Waals surface area contributed by atoms with Gasteiger partial charge in [0.25, 0.3) is 5.91 Å². The van der Waals surface area contributed by atoms with Crippen molar-refractivity contribution in [2.75, 3.05) is 32.7 Å². The van der Waals surface area contributed by atoms with E-state index in [0.29, 0.717) is 26.2 Å². The van der Waals surface area contributed by atoms with E-state index in [4.69, 9.17) is 0 Å². The number of carbonyl (C=O) groups excluding carboxylic acids is 2. The maximum atomic E-state index is 13.2. The summed E-state index contributed by atoms with van der Waals surface area (Å²) < 4.78 is 0. The van der Waals surface area contributed by atoms with Gasteiger partial charge >= 0.3 is 0 Å². The average Bonchev–Trinajstić information content (AvgIpc) is 3.14. The zero-order chi connectivity index (χ0) is 20.6. The maximum absolute atomic E-state index is 13.2. The van der Waals surface area contributed by atoms with E-state index in [1.165, 1.54) is 4.88 Å². The topological polar surface area (TPSA) is 43.9 Å². The molecule has 1 aromatic heterocycles. The number of thiophene rings is 1. The third-order valence-corrected chi connectivity index (χ3v) is 6.19. The fraction of sp³-hybridized carbons (Fsp3) is 0.391. The van der Waals surface area contributed by atoms with Crippen LogP contribution in [0.4, 0.5) is 0 Å². The Morgan fingerprint density at radius 3 is 2.62 bits per heavy atom. The largest absolute Gasteiger partial charge is 0.337 e. The fourth-order valence-corrected chi connectivity index (χ4v) is 4.41. The second kappa shape index (κ2) is 10.4. The van der Waals surface area contributed by atoms with Gasteiger partial charge in [-0.15, -0.1) is 17.9 Å². The molecule has 1 unspecified atom stereocenters. The highest BCUT2D eigenvalue weighted by molar-refractivity contribution is 7.09. The quantitative estimate of drug-likeness (QED) is 0.655. The predicted octanol–water partition coefficient (Wildman–Crippen LogP) is 3.50. The maximum Gasteiger partial charge on any atom is 0.253 e. The van der Waals surface area contributed by atoms with Gasteiger partial charge in [-0.2, -0.15) is 0 Å². The van der Waals surface area contributed by atoms with Gasteiger partial charge in [0.2, 0.25) is 5.91 Å². The lowest BCUT2D eigenvalue weighted by molar-refractivity contribution is -0.136. The molecular weight excluding hydrogens is 382 g/mol. The molecule has 1 aliphatic heterocycles. The first-order valence-corrected chi connectivity index (χ1v) is 11.0. The lowest BCUT2D eigenvalue weighted by Gasteiger charge is -2.31. The smallest absolute Gasteiger partial charge is 0.253 e. The molecule has 2 amide bonds. The molecule has 0 spiro atoms. The van der Waals surface area contributed by atoms with Crippen LogP contribution in [-0.4, -0.2) is 65.3 Å². The zero-order valence-corrected chi connectivity index (χ0v) is 17.8. The van der Waals surface area contributed by atoms with Gasteiger partial charge in [0.15, 0.2) is 0 Å². The van der Waals surface area contributed by atoms with E-state index in [2.05, 4.69) is 17.5 Å². The standard InChI is InChI=1S/C23H29N3O2S/c1-3-12-26(18-21-11-7-17-29-21)22(27)19(2)24-13-8-14-25(16-15-24)23(28)20-9-5-4-6-10-20/h3-7,9-11,17,19H,1,8,12-16,18H2,2H3. The SMILES string of the molecule is C=CCN(Cc1cccs1)C(=O)C(C)N1CCCN(C(=O)c2ccccc2)CC1. The number of benzene rings is 1. The van der Waals surface area contributed by atoms with Gasteiger partial charge in [-0.3, -0.25) is 14.5 Å².